The molecule has 0 unspecified atom stereocenters. The van der Waals surface area contributed by atoms with E-state index < -0.39 is 5.97 Å². The minimum absolute atomic E-state index is 0.202. The summed E-state index contributed by atoms with van der Waals surface area (Å²) in [6.45, 7) is 8.55. The van der Waals surface area contributed by atoms with E-state index in [9.17, 15) is 4.79 Å². The SMILES string of the molecule is CC1=C(/C=C/C(C)=C(\I)C(=O)O)C(C)(C)CCC1. The van der Waals surface area contributed by atoms with Crippen LogP contribution in [0.5, 0.6) is 0 Å². The zero-order valence-corrected chi connectivity index (χ0v) is 13.7. The summed E-state index contributed by atoms with van der Waals surface area (Å²) in [5.74, 6) is -0.855. The van der Waals surface area contributed by atoms with Crippen molar-refractivity contribution in [2.45, 2.75) is 47.0 Å². The lowest BCUT2D eigenvalue weighted by atomic mass is 9.72. The van der Waals surface area contributed by atoms with Crippen LogP contribution in [0.3, 0.4) is 0 Å². The quantitative estimate of drug-likeness (QED) is 0.443. The van der Waals surface area contributed by atoms with Crippen molar-refractivity contribution < 1.29 is 9.90 Å². The predicted octanol–water partition coefficient (Wildman–Crippen LogP) is 4.86. The van der Waals surface area contributed by atoms with Gasteiger partial charge in [-0.2, -0.15) is 0 Å². The summed E-state index contributed by atoms with van der Waals surface area (Å²) in [4.78, 5) is 10.9. The molecule has 0 saturated carbocycles. The molecule has 0 fully saturated rings. The maximum Gasteiger partial charge on any atom is 0.342 e. The van der Waals surface area contributed by atoms with Crippen LogP contribution < -0.4 is 0 Å². The van der Waals surface area contributed by atoms with E-state index in [1.807, 2.05) is 35.6 Å². The van der Waals surface area contributed by atoms with Crippen LogP contribution in [0.2, 0.25) is 0 Å². The lowest BCUT2D eigenvalue weighted by molar-refractivity contribution is -0.131. The molecule has 1 rings (SSSR count). The van der Waals surface area contributed by atoms with Gasteiger partial charge in [-0.25, -0.2) is 4.79 Å². The Balaban J connectivity index is 3.03. The van der Waals surface area contributed by atoms with Gasteiger partial charge in [0.1, 0.15) is 3.58 Å². The van der Waals surface area contributed by atoms with Gasteiger partial charge >= 0.3 is 5.97 Å². The zero-order chi connectivity index (χ0) is 13.9. The molecule has 0 saturated heterocycles. The van der Waals surface area contributed by atoms with Crippen LogP contribution in [0.4, 0.5) is 0 Å². The maximum absolute atomic E-state index is 10.9. The van der Waals surface area contributed by atoms with Crippen molar-refractivity contribution in [3.63, 3.8) is 0 Å². The van der Waals surface area contributed by atoms with E-state index in [0.717, 1.165) is 12.0 Å². The fourth-order valence-corrected chi connectivity index (χ4v) is 2.64. The van der Waals surface area contributed by atoms with Crippen LogP contribution in [0, 0.1) is 5.41 Å². The molecule has 0 amide bonds. The number of carboxylic acid groups (broad SMARTS) is 1. The molecule has 0 aromatic heterocycles. The Labute approximate surface area is 123 Å². The number of carbonyl (C=O) groups is 1. The Kier molecular flexibility index (Phi) is 5.20. The Morgan fingerprint density at radius 3 is 2.56 bits per heavy atom. The van der Waals surface area contributed by atoms with Crippen molar-refractivity contribution in [2.24, 2.45) is 5.41 Å². The van der Waals surface area contributed by atoms with Crippen molar-refractivity contribution in [3.8, 4) is 0 Å². The summed E-state index contributed by atoms with van der Waals surface area (Å²) in [7, 11) is 0. The Bertz CT molecular complexity index is 439. The van der Waals surface area contributed by atoms with Crippen molar-refractivity contribution in [2.75, 3.05) is 0 Å². The standard InChI is InChI=1S/C15H21IO2/c1-10-6-5-9-15(3,4)12(10)8-7-11(2)13(16)14(17)18/h7-8H,5-6,9H2,1-4H3,(H,17,18)/b8-7+,13-11-. The number of hydrogen-bond donors (Lipinski definition) is 1. The van der Waals surface area contributed by atoms with E-state index in [-0.39, 0.29) is 5.41 Å². The van der Waals surface area contributed by atoms with Crippen LogP contribution in [0.15, 0.2) is 32.5 Å². The van der Waals surface area contributed by atoms with Gasteiger partial charge in [-0.05, 0) is 72.3 Å². The molecule has 1 aliphatic rings. The third-order valence-electron chi connectivity index (χ3n) is 3.58. The second-order valence-electron chi connectivity index (χ2n) is 5.57. The van der Waals surface area contributed by atoms with E-state index in [2.05, 4.69) is 26.8 Å². The van der Waals surface area contributed by atoms with Crippen LogP contribution in [0.25, 0.3) is 0 Å². The molecule has 0 aliphatic heterocycles. The number of halogens is 1. The Morgan fingerprint density at radius 2 is 2.06 bits per heavy atom. The number of allylic oxidation sites excluding steroid dienone is 5. The van der Waals surface area contributed by atoms with Crippen LogP contribution >= 0.6 is 22.6 Å². The summed E-state index contributed by atoms with van der Waals surface area (Å²) in [6, 6.07) is 0. The molecule has 0 spiro atoms. The van der Waals surface area contributed by atoms with E-state index in [1.54, 1.807) is 0 Å². The summed E-state index contributed by atoms with van der Waals surface area (Å²) in [5, 5.41) is 8.93. The maximum atomic E-state index is 10.9. The highest BCUT2D eigenvalue weighted by Gasteiger charge is 2.26. The molecule has 3 heteroatoms. The van der Waals surface area contributed by atoms with Crippen molar-refractivity contribution in [3.05, 3.63) is 32.5 Å². The topological polar surface area (TPSA) is 37.3 Å². The highest BCUT2D eigenvalue weighted by Crippen LogP contribution is 2.40. The molecule has 0 atom stereocenters. The summed E-state index contributed by atoms with van der Waals surface area (Å²) in [5.41, 5.74) is 3.81. The van der Waals surface area contributed by atoms with Gasteiger partial charge < -0.3 is 5.11 Å². The highest BCUT2D eigenvalue weighted by molar-refractivity contribution is 14.1. The van der Waals surface area contributed by atoms with Gasteiger partial charge in [0.2, 0.25) is 0 Å². The largest absolute Gasteiger partial charge is 0.477 e. The Morgan fingerprint density at radius 1 is 1.44 bits per heavy atom. The minimum atomic E-state index is -0.855. The molecule has 0 aromatic carbocycles. The molecule has 0 heterocycles. The number of carboxylic acids is 1. The van der Waals surface area contributed by atoms with Gasteiger partial charge in [0.05, 0.1) is 0 Å². The first-order valence-corrected chi connectivity index (χ1v) is 7.31. The first-order valence-electron chi connectivity index (χ1n) is 6.23. The summed E-state index contributed by atoms with van der Waals surface area (Å²) in [6.07, 6.45) is 7.63. The van der Waals surface area contributed by atoms with Gasteiger partial charge in [0.15, 0.2) is 0 Å². The second kappa shape index (κ2) is 6.04. The third-order valence-corrected chi connectivity index (χ3v) is 4.89. The normalized spacial score (nSPS) is 21.2. The zero-order valence-electron chi connectivity index (χ0n) is 11.5. The fourth-order valence-electron chi connectivity index (χ4n) is 2.46. The first-order chi connectivity index (χ1) is 8.25. The highest BCUT2D eigenvalue weighted by atomic mass is 127. The summed E-state index contributed by atoms with van der Waals surface area (Å²) < 4.78 is 0.385. The van der Waals surface area contributed by atoms with Crippen molar-refractivity contribution >= 4 is 28.6 Å². The Hall–Kier alpha value is -0.580. The molecule has 1 N–H and O–H groups in total. The van der Waals surface area contributed by atoms with Gasteiger partial charge in [-0.3, -0.25) is 0 Å². The molecule has 1 aliphatic carbocycles. The molecule has 100 valence electrons. The molecule has 18 heavy (non-hydrogen) atoms. The van der Waals surface area contributed by atoms with E-state index >= 15 is 0 Å². The number of rotatable bonds is 3. The average Bonchev–Trinajstić information content (AvgIpc) is 2.25. The van der Waals surface area contributed by atoms with E-state index in [0.29, 0.717) is 3.58 Å². The molecule has 2 nitrogen and oxygen atoms in total. The van der Waals surface area contributed by atoms with Crippen molar-refractivity contribution in [1.29, 1.82) is 0 Å². The molecule has 0 radical (unpaired) electrons. The smallest absolute Gasteiger partial charge is 0.342 e. The van der Waals surface area contributed by atoms with Crippen LogP contribution in [0.1, 0.15) is 47.0 Å². The monoisotopic (exact) mass is 360 g/mol. The van der Waals surface area contributed by atoms with Gasteiger partial charge in [-0.15, -0.1) is 0 Å². The first kappa shape index (κ1) is 15.5. The number of aliphatic carboxylic acids is 1. The van der Waals surface area contributed by atoms with Gasteiger partial charge in [0, 0.05) is 0 Å². The molecular weight excluding hydrogens is 339 g/mol. The van der Waals surface area contributed by atoms with Crippen molar-refractivity contribution in [1.82, 2.24) is 0 Å². The second-order valence-corrected chi connectivity index (χ2v) is 6.65. The summed E-state index contributed by atoms with van der Waals surface area (Å²) >= 11 is 1.88. The van der Waals surface area contributed by atoms with Crippen LogP contribution in [-0.2, 0) is 4.79 Å². The van der Waals surface area contributed by atoms with Gasteiger partial charge in [0.25, 0.3) is 0 Å². The molecule has 0 bridgehead atoms. The fraction of sp³-hybridized carbons (Fsp3) is 0.533. The third kappa shape index (κ3) is 3.70. The lowest BCUT2D eigenvalue weighted by Crippen LogP contribution is -2.19. The lowest BCUT2D eigenvalue weighted by Gasteiger charge is -2.32. The minimum Gasteiger partial charge on any atom is -0.477 e. The molecule has 0 aromatic rings. The van der Waals surface area contributed by atoms with E-state index in [1.165, 1.54) is 24.0 Å². The van der Waals surface area contributed by atoms with Crippen LogP contribution in [-0.4, -0.2) is 11.1 Å². The van der Waals surface area contributed by atoms with Gasteiger partial charge in [-0.1, -0.05) is 31.6 Å². The number of hydrogen-bond acceptors (Lipinski definition) is 1. The average molecular weight is 360 g/mol. The predicted molar refractivity (Wildman–Crippen MR) is 83.8 cm³/mol. The molecular formula is C15H21IO2. The van der Waals surface area contributed by atoms with E-state index in [4.69, 9.17) is 5.11 Å².